The van der Waals surface area contributed by atoms with Crippen molar-refractivity contribution >= 4 is 23.9 Å². The van der Waals surface area contributed by atoms with Crippen molar-refractivity contribution in [2.45, 2.75) is 0 Å². The summed E-state index contributed by atoms with van der Waals surface area (Å²) in [5.74, 6) is 0. The van der Waals surface area contributed by atoms with Gasteiger partial charge in [-0.05, 0) is 0 Å². The van der Waals surface area contributed by atoms with Crippen LogP contribution in [0.5, 0.6) is 0 Å². The second-order valence-electron chi connectivity index (χ2n) is 3.25. The molecular formula is C10H9MnO8. The van der Waals surface area contributed by atoms with Crippen LogP contribution in [-0.2, 0) is 11.8 Å². The van der Waals surface area contributed by atoms with Gasteiger partial charge in [-0.1, -0.05) is 0 Å². The Labute approximate surface area is 106 Å². The standard InChI is InChI=1S/C6H5.4CHO2.Mn/c1-2-4-6-5-3-1;4*2-1-3;/h1-5H;4*(H,2,3);. The zero-order valence-corrected chi connectivity index (χ0v) is 10.4. The van der Waals surface area contributed by atoms with E-state index in [2.05, 4.69) is 0 Å². The molecule has 0 amide bonds. The van der Waals surface area contributed by atoms with Crippen LogP contribution >= 0.6 is 0 Å². The molecule has 0 atom stereocenters. The Bertz CT molecular complexity index is 511. The number of carboxylic acid groups (broad SMARTS) is 4. The first kappa shape index (κ1) is 14.7. The van der Waals surface area contributed by atoms with Crippen LogP contribution in [0.15, 0.2) is 30.3 Å². The Morgan fingerprint density at radius 2 is 1.00 bits per heavy atom. The van der Waals surface area contributed by atoms with Gasteiger partial charge in [0.1, 0.15) is 0 Å². The van der Waals surface area contributed by atoms with E-state index in [1.165, 1.54) is 18.2 Å². The third kappa shape index (κ3) is 1.39. The van der Waals surface area contributed by atoms with E-state index in [1.54, 1.807) is 0 Å². The molecule has 0 bridgehead atoms. The summed E-state index contributed by atoms with van der Waals surface area (Å²) < 4.78 is -0.732. The molecule has 0 spiro atoms. The molecule has 1 rings (SSSR count). The fraction of sp³-hybridized carbons (Fsp3) is 0. The van der Waals surface area contributed by atoms with Gasteiger partial charge >= 0.3 is 106 Å². The number of hydrogen-bond acceptors (Lipinski definition) is 4. The van der Waals surface area contributed by atoms with Crippen molar-refractivity contribution < 1.29 is 51.4 Å². The van der Waals surface area contributed by atoms with Crippen LogP contribution in [0.3, 0.4) is 0 Å². The van der Waals surface area contributed by atoms with Crippen molar-refractivity contribution in [3.63, 3.8) is 0 Å². The van der Waals surface area contributed by atoms with E-state index in [1.807, 2.05) is 0 Å². The van der Waals surface area contributed by atoms with E-state index < -0.39 is 35.7 Å². The monoisotopic (exact) mass is 312 g/mol. The first-order valence-electron chi connectivity index (χ1n) is 4.57. The second-order valence-corrected chi connectivity index (χ2v) is 8.90. The van der Waals surface area contributed by atoms with Gasteiger partial charge in [0.25, 0.3) is 0 Å². The molecule has 0 heterocycles. The zero-order chi connectivity index (χ0) is 14.9. The topological polar surface area (TPSA) is 149 Å². The average molecular weight is 312 g/mol. The van der Waals surface area contributed by atoms with E-state index in [9.17, 15) is 19.2 Å². The van der Waals surface area contributed by atoms with Crippen molar-refractivity contribution in [1.82, 2.24) is 0 Å². The molecule has 0 aromatic heterocycles. The van der Waals surface area contributed by atoms with Crippen LogP contribution in [0, 0.1) is 0 Å². The maximum absolute atomic E-state index is 11.4. The fourth-order valence-corrected chi connectivity index (χ4v) is 4.93. The Balaban J connectivity index is 4.07. The summed E-state index contributed by atoms with van der Waals surface area (Å²) in [4.78, 5) is 36.1. The summed E-state index contributed by atoms with van der Waals surface area (Å²) >= 11 is -6.70. The van der Waals surface area contributed by atoms with E-state index in [0.29, 0.717) is 0 Å². The summed E-state index contributed by atoms with van der Waals surface area (Å²) in [6.07, 6.45) is 0. The van der Waals surface area contributed by atoms with Crippen LogP contribution < -0.4 is 4.46 Å². The van der Waals surface area contributed by atoms with Crippen LogP contribution in [0.4, 0.5) is 19.2 Å². The molecule has 0 saturated carbocycles. The normalized spacial score (nSPS) is 12.9. The van der Waals surface area contributed by atoms with Gasteiger partial charge in [-0.15, -0.1) is 0 Å². The molecule has 0 aliphatic heterocycles. The van der Waals surface area contributed by atoms with E-state index in [-0.39, 0.29) is 0 Å². The maximum atomic E-state index is 11.4. The summed E-state index contributed by atoms with van der Waals surface area (Å²) in [6.45, 7) is 0. The SMILES string of the molecule is O=[C](O)[Mn]([C](=O)O)([C](=O)O)([C](=O)O)[c]1ccccc1. The van der Waals surface area contributed by atoms with E-state index >= 15 is 0 Å². The molecular weight excluding hydrogens is 303 g/mol. The fourth-order valence-electron chi connectivity index (χ4n) is 1.45. The molecule has 0 saturated heterocycles. The van der Waals surface area contributed by atoms with E-state index in [4.69, 9.17) is 20.4 Å². The van der Waals surface area contributed by atoms with Crippen LogP contribution in [-0.4, -0.2) is 39.9 Å². The molecule has 104 valence electrons. The average Bonchev–Trinajstić information content (AvgIpc) is 2.29. The van der Waals surface area contributed by atoms with Gasteiger partial charge in [0.2, 0.25) is 0 Å². The van der Waals surface area contributed by atoms with Crippen LogP contribution in [0.25, 0.3) is 0 Å². The molecule has 1 aromatic carbocycles. The minimum atomic E-state index is -6.70. The number of carbonyl (C=O) groups is 4. The number of benzene rings is 1. The Morgan fingerprint density at radius 3 is 1.26 bits per heavy atom. The van der Waals surface area contributed by atoms with Crippen molar-refractivity contribution in [3.8, 4) is 0 Å². The van der Waals surface area contributed by atoms with Crippen LogP contribution in [0.1, 0.15) is 0 Å². The molecule has 9 heteroatoms. The molecule has 19 heavy (non-hydrogen) atoms. The van der Waals surface area contributed by atoms with Crippen molar-refractivity contribution in [3.05, 3.63) is 30.3 Å². The van der Waals surface area contributed by atoms with Gasteiger partial charge < -0.3 is 0 Å². The Kier molecular flexibility index (Phi) is 3.38. The summed E-state index contributed by atoms with van der Waals surface area (Å²) in [6, 6.07) is 5.52. The molecule has 1 aromatic rings. The second kappa shape index (κ2) is 4.38. The van der Waals surface area contributed by atoms with Gasteiger partial charge in [-0.25, -0.2) is 0 Å². The first-order valence-corrected chi connectivity index (χ1v) is 7.52. The van der Waals surface area contributed by atoms with Crippen LogP contribution in [0.2, 0.25) is 0 Å². The molecule has 0 unspecified atom stereocenters. The molecule has 8 nitrogen and oxygen atoms in total. The molecule has 0 fully saturated rings. The minimum absolute atomic E-state index is 0.732. The van der Waals surface area contributed by atoms with E-state index in [0.717, 1.165) is 12.1 Å². The zero-order valence-electron chi connectivity index (χ0n) is 9.19. The number of rotatable bonds is 5. The van der Waals surface area contributed by atoms with Crippen molar-refractivity contribution in [2.24, 2.45) is 0 Å². The Morgan fingerprint density at radius 1 is 0.684 bits per heavy atom. The molecule has 0 aliphatic rings. The van der Waals surface area contributed by atoms with Gasteiger partial charge in [0.15, 0.2) is 0 Å². The summed E-state index contributed by atoms with van der Waals surface area (Å²) in [5.41, 5.74) is 0. The third-order valence-corrected chi connectivity index (χ3v) is 8.26. The van der Waals surface area contributed by atoms with Gasteiger partial charge in [0.05, 0.1) is 0 Å². The summed E-state index contributed by atoms with van der Waals surface area (Å²) in [5, 5.41) is 36.7. The quantitative estimate of drug-likeness (QED) is 0.600. The molecule has 0 aliphatic carbocycles. The predicted octanol–water partition coefficient (Wildman–Crippen LogP) is 1.71. The van der Waals surface area contributed by atoms with Crippen molar-refractivity contribution in [2.75, 3.05) is 0 Å². The summed E-state index contributed by atoms with van der Waals surface area (Å²) in [7, 11) is 0. The first-order chi connectivity index (χ1) is 8.73. The molecule has 0 radical (unpaired) electrons. The Hall–Kier alpha value is -2.38. The number of hydrogen-bond donors (Lipinski definition) is 4. The van der Waals surface area contributed by atoms with Gasteiger partial charge in [0, 0.05) is 0 Å². The molecule has 4 N–H and O–H groups in total. The van der Waals surface area contributed by atoms with Crippen molar-refractivity contribution in [1.29, 1.82) is 0 Å². The third-order valence-electron chi connectivity index (χ3n) is 2.46. The predicted molar refractivity (Wildman–Crippen MR) is 58.2 cm³/mol. The van der Waals surface area contributed by atoms with Gasteiger partial charge in [-0.3, -0.25) is 0 Å². The van der Waals surface area contributed by atoms with Gasteiger partial charge in [-0.2, -0.15) is 0 Å².